The first-order chi connectivity index (χ1) is 21.7. The van der Waals surface area contributed by atoms with Gasteiger partial charge in [-0.1, -0.05) is 129 Å². The Kier molecular flexibility index (Phi) is 30.4. The summed E-state index contributed by atoms with van der Waals surface area (Å²) in [7, 11) is -4.60. The van der Waals surface area contributed by atoms with Crippen molar-refractivity contribution >= 4 is 19.8 Å². The number of hydrogen-bond acceptors (Lipinski definition) is 9. The molecular weight excluding hydrogens is 599 g/mol. The third kappa shape index (κ3) is 31.1. The minimum Gasteiger partial charge on any atom is -0.462 e. The van der Waals surface area contributed by atoms with Gasteiger partial charge in [-0.3, -0.25) is 18.6 Å². The van der Waals surface area contributed by atoms with E-state index in [9.17, 15) is 24.2 Å². The van der Waals surface area contributed by atoms with Crippen LogP contribution in [0.5, 0.6) is 0 Å². The van der Waals surface area contributed by atoms with E-state index in [0.29, 0.717) is 12.8 Å². The van der Waals surface area contributed by atoms with Crippen LogP contribution >= 0.6 is 7.82 Å². The molecule has 0 saturated carbocycles. The second-order valence-corrected chi connectivity index (χ2v) is 13.4. The van der Waals surface area contributed by atoms with Crippen molar-refractivity contribution in [2.24, 2.45) is 0 Å². The van der Waals surface area contributed by atoms with Gasteiger partial charge in [0.15, 0.2) is 6.10 Å². The van der Waals surface area contributed by atoms with Crippen molar-refractivity contribution in [2.75, 3.05) is 26.4 Å². The van der Waals surface area contributed by atoms with Crippen LogP contribution in [-0.2, 0) is 32.7 Å². The molecule has 0 radical (unpaired) electrons. The molecule has 10 nitrogen and oxygen atoms in total. The van der Waals surface area contributed by atoms with E-state index in [2.05, 4.69) is 24.4 Å². The first-order valence-corrected chi connectivity index (χ1v) is 19.1. The highest BCUT2D eigenvalue weighted by Gasteiger charge is 2.27. The minimum atomic E-state index is -4.60. The van der Waals surface area contributed by atoms with E-state index < -0.39 is 51.8 Å². The van der Waals surface area contributed by atoms with Gasteiger partial charge >= 0.3 is 19.8 Å². The van der Waals surface area contributed by atoms with Crippen molar-refractivity contribution in [3.63, 3.8) is 0 Å². The van der Waals surface area contributed by atoms with Crippen molar-refractivity contribution in [3.8, 4) is 0 Å². The highest BCUT2D eigenvalue weighted by Crippen LogP contribution is 2.43. The van der Waals surface area contributed by atoms with E-state index in [4.69, 9.17) is 19.1 Å². The number of rotatable bonds is 33. The molecule has 3 atom stereocenters. The average Bonchev–Trinajstić information content (AvgIpc) is 3.02. The quantitative estimate of drug-likeness (QED) is 0.0272. The van der Waals surface area contributed by atoms with Gasteiger partial charge in [-0.15, -0.1) is 0 Å². The van der Waals surface area contributed by atoms with Crippen LogP contribution in [0.4, 0.5) is 0 Å². The Bertz CT molecular complexity index is 776. The minimum absolute atomic E-state index is 0.162. The zero-order chi connectivity index (χ0) is 33.4. The van der Waals surface area contributed by atoms with Gasteiger partial charge in [0, 0.05) is 12.8 Å². The molecule has 11 heteroatoms. The first-order valence-electron chi connectivity index (χ1n) is 17.6. The maximum absolute atomic E-state index is 12.4. The lowest BCUT2D eigenvalue weighted by molar-refractivity contribution is -0.161. The predicted molar refractivity (Wildman–Crippen MR) is 178 cm³/mol. The van der Waals surface area contributed by atoms with Crippen LogP contribution in [0.2, 0.25) is 0 Å². The number of aliphatic hydroxyl groups excluding tert-OH is 2. The van der Waals surface area contributed by atoms with Gasteiger partial charge in [-0.05, 0) is 25.7 Å². The number of esters is 2. The lowest BCUT2D eigenvalue weighted by Gasteiger charge is -2.20. The molecule has 0 aliphatic heterocycles. The molecular formula is C34H65O10P. The van der Waals surface area contributed by atoms with Crippen molar-refractivity contribution in [3.05, 3.63) is 12.2 Å². The molecule has 0 aromatic rings. The predicted octanol–water partition coefficient (Wildman–Crippen LogP) is 8.11. The van der Waals surface area contributed by atoms with E-state index in [1.54, 1.807) is 0 Å². The zero-order valence-corrected chi connectivity index (χ0v) is 29.2. The van der Waals surface area contributed by atoms with Crippen LogP contribution in [0.3, 0.4) is 0 Å². The fourth-order valence-electron chi connectivity index (χ4n) is 4.66. The van der Waals surface area contributed by atoms with Gasteiger partial charge in [0.05, 0.1) is 19.8 Å². The van der Waals surface area contributed by atoms with Gasteiger partial charge in [0.1, 0.15) is 12.7 Å². The summed E-state index contributed by atoms with van der Waals surface area (Å²) < 4.78 is 32.3. The molecule has 0 aromatic heterocycles. The van der Waals surface area contributed by atoms with Gasteiger partial charge in [-0.2, -0.15) is 0 Å². The van der Waals surface area contributed by atoms with Crippen molar-refractivity contribution in [1.82, 2.24) is 0 Å². The zero-order valence-electron chi connectivity index (χ0n) is 28.3. The number of carbonyl (C=O) groups is 2. The number of allylic oxidation sites excluding steroid dienone is 2. The van der Waals surface area contributed by atoms with Gasteiger partial charge in [0.2, 0.25) is 0 Å². The summed E-state index contributed by atoms with van der Waals surface area (Å²) >= 11 is 0. The Labute approximate surface area is 273 Å². The second kappa shape index (κ2) is 31.3. The standard InChI is InChI=1S/C34H65O10P/c1-3-5-7-9-11-12-13-14-15-16-17-18-20-21-23-25-33(37)41-29-32(30-43-45(39,40)42-28-31(36)27-35)44-34(38)26-24-22-19-10-8-6-4-2/h20-21,31-32,35-36H,3-19,22-30H2,1-2H3,(H,39,40)/b21-20+/t31-,32+/m1/s1. The fourth-order valence-corrected chi connectivity index (χ4v) is 5.45. The van der Waals surface area contributed by atoms with Crippen LogP contribution in [-0.4, -0.2) is 65.7 Å². The highest BCUT2D eigenvalue weighted by molar-refractivity contribution is 7.47. The molecule has 0 aromatic carbocycles. The van der Waals surface area contributed by atoms with Crippen LogP contribution in [0.25, 0.3) is 0 Å². The molecule has 266 valence electrons. The maximum atomic E-state index is 12.4. The Morgan fingerprint density at radius 3 is 1.69 bits per heavy atom. The van der Waals surface area contributed by atoms with Gasteiger partial charge in [-0.25, -0.2) is 4.57 Å². The summed E-state index contributed by atoms with van der Waals surface area (Å²) in [4.78, 5) is 34.5. The van der Waals surface area contributed by atoms with E-state index in [0.717, 1.165) is 32.1 Å². The molecule has 45 heavy (non-hydrogen) atoms. The topological polar surface area (TPSA) is 149 Å². The van der Waals surface area contributed by atoms with Crippen molar-refractivity contribution in [1.29, 1.82) is 0 Å². The van der Waals surface area contributed by atoms with E-state index in [1.165, 1.54) is 83.5 Å². The first kappa shape index (κ1) is 43.7. The normalized spacial score (nSPS) is 14.3. The Morgan fingerprint density at radius 2 is 1.13 bits per heavy atom. The third-order valence-electron chi connectivity index (χ3n) is 7.43. The highest BCUT2D eigenvalue weighted by atomic mass is 31.2. The molecule has 0 bridgehead atoms. The number of ether oxygens (including phenoxy) is 2. The molecule has 0 spiro atoms. The number of carbonyl (C=O) groups excluding carboxylic acids is 2. The van der Waals surface area contributed by atoms with E-state index >= 15 is 0 Å². The Hall–Kier alpha value is -1.29. The molecule has 0 amide bonds. The molecule has 3 N–H and O–H groups in total. The SMILES string of the molecule is CCCCCCCCCCCCC/C=C/CCC(=O)OC[C@@H](COP(=O)(O)OC[C@H](O)CO)OC(=O)CCCCCCCCC. The smallest absolute Gasteiger partial charge is 0.462 e. The van der Waals surface area contributed by atoms with Gasteiger partial charge < -0.3 is 24.6 Å². The number of aliphatic hydroxyl groups is 2. The molecule has 0 fully saturated rings. The molecule has 0 rings (SSSR count). The van der Waals surface area contributed by atoms with E-state index in [1.807, 2.05) is 6.08 Å². The number of unbranched alkanes of at least 4 members (excludes halogenated alkanes) is 17. The van der Waals surface area contributed by atoms with Crippen molar-refractivity contribution < 1.29 is 47.8 Å². The molecule has 0 aliphatic rings. The summed E-state index contributed by atoms with van der Waals surface area (Å²) in [5.74, 6) is -0.986. The molecule has 1 unspecified atom stereocenters. The lowest BCUT2D eigenvalue weighted by Crippen LogP contribution is -2.29. The lowest BCUT2D eigenvalue weighted by atomic mass is 10.1. The van der Waals surface area contributed by atoms with E-state index in [-0.39, 0.29) is 19.4 Å². The summed E-state index contributed by atoms with van der Waals surface area (Å²) in [5, 5.41) is 18.2. The molecule has 0 saturated heterocycles. The monoisotopic (exact) mass is 664 g/mol. The number of phosphoric acid groups is 1. The van der Waals surface area contributed by atoms with Crippen LogP contribution < -0.4 is 0 Å². The number of phosphoric ester groups is 1. The van der Waals surface area contributed by atoms with Crippen LogP contribution in [0, 0.1) is 0 Å². The third-order valence-corrected chi connectivity index (χ3v) is 8.38. The second-order valence-electron chi connectivity index (χ2n) is 11.9. The van der Waals surface area contributed by atoms with Crippen molar-refractivity contribution in [2.45, 2.75) is 167 Å². The van der Waals surface area contributed by atoms with Crippen LogP contribution in [0.15, 0.2) is 12.2 Å². The summed E-state index contributed by atoms with van der Waals surface area (Å²) in [6, 6.07) is 0. The Balaban J connectivity index is 4.35. The molecule has 0 heterocycles. The summed E-state index contributed by atoms with van der Waals surface area (Å²) in [6.45, 7) is 2.26. The van der Waals surface area contributed by atoms with Crippen LogP contribution in [0.1, 0.15) is 155 Å². The Morgan fingerprint density at radius 1 is 0.644 bits per heavy atom. The molecule has 0 aliphatic carbocycles. The van der Waals surface area contributed by atoms with Gasteiger partial charge in [0.25, 0.3) is 0 Å². The summed E-state index contributed by atoms with van der Waals surface area (Å²) in [6.07, 6.45) is 25.1. The number of hydrogen-bond donors (Lipinski definition) is 3. The average molecular weight is 665 g/mol. The fraction of sp³-hybridized carbons (Fsp3) is 0.882. The largest absolute Gasteiger partial charge is 0.472 e. The summed E-state index contributed by atoms with van der Waals surface area (Å²) in [5.41, 5.74) is 0. The maximum Gasteiger partial charge on any atom is 0.472 e.